The van der Waals surface area contributed by atoms with Gasteiger partial charge in [-0.2, -0.15) is 0 Å². The largest absolute Gasteiger partial charge is 0.467 e. The van der Waals surface area contributed by atoms with Crippen molar-refractivity contribution < 1.29 is 13.7 Å². The van der Waals surface area contributed by atoms with Crippen LogP contribution in [0.4, 0.5) is 10.1 Å². The molecule has 0 bridgehead atoms. The maximum absolute atomic E-state index is 13.9. The van der Waals surface area contributed by atoms with Crippen LogP contribution in [0.3, 0.4) is 0 Å². The molecule has 2 heterocycles. The number of thiocarbonyl (C=S) groups is 1. The van der Waals surface area contributed by atoms with E-state index in [2.05, 4.69) is 10.2 Å². The van der Waals surface area contributed by atoms with Crippen LogP contribution >= 0.6 is 12.2 Å². The summed E-state index contributed by atoms with van der Waals surface area (Å²) >= 11 is 5.58. The maximum atomic E-state index is 13.9. The summed E-state index contributed by atoms with van der Waals surface area (Å²) in [5.41, 5.74) is 0.407. The van der Waals surface area contributed by atoms with Crippen molar-refractivity contribution in [3.05, 3.63) is 54.2 Å². The van der Waals surface area contributed by atoms with Crippen LogP contribution in [0.25, 0.3) is 0 Å². The summed E-state index contributed by atoms with van der Waals surface area (Å²) in [5, 5.41) is 3.58. The Morgan fingerprint density at radius 3 is 2.58 bits per heavy atom. The molecule has 6 heteroatoms. The third-order valence-corrected chi connectivity index (χ3v) is 5.24. The summed E-state index contributed by atoms with van der Waals surface area (Å²) in [4.78, 5) is 3.69. The van der Waals surface area contributed by atoms with Crippen molar-refractivity contribution >= 4 is 23.0 Å². The molecule has 1 aliphatic rings. The third kappa shape index (κ3) is 5.54. The van der Waals surface area contributed by atoms with E-state index in [1.54, 1.807) is 29.4 Å². The van der Waals surface area contributed by atoms with E-state index in [-0.39, 0.29) is 5.82 Å². The van der Waals surface area contributed by atoms with Gasteiger partial charge in [0.25, 0.3) is 0 Å². The van der Waals surface area contributed by atoms with Gasteiger partial charge in [-0.05, 0) is 62.2 Å². The molecule has 2 aromatic rings. The molecule has 26 heavy (non-hydrogen) atoms. The molecule has 1 saturated heterocycles. The van der Waals surface area contributed by atoms with Gasteiger partial charge in [0.15, 0.2) is 5.11 Å². The smallest absolute Gasteiger partial charge is 0.174 e. The highest BCUT2D eigenvalue weighted by atomic mass is 32.1. The van der Waals surface area contributed by atoms with Crippen molar-refractivity contribution in [1.29, 1.82) is 0 Å². The number of benzene rings is 1. The van der Waals surface area contributed by atoms with Crippen LogP contribution in [0, 0.1) is 5.82 Å². The SMILES string of the molecule is Fc1ccccc1NC(=S)N(CC[NH+]1CCCCCC1)Cc1ccco1. The highest BCUT2D eigenvalue weighted by molar-refractivity contribution is 7.80. The molecule has 0 atom stereocenters. The molecule has 2 N–H and O–H groups in total. The van der Waals surface area contributed by atoms with E-state index in [0.717, 1.165) is 18.8 Å². The standard InChI is InChI=1S/C20H26FN3OS/c21-18-9-3-4-10-19(18)22-20(26)24(16-17-8-7-15-25-17)14-13-23-11-5-1-2-6-12-23/h3-4,7-10,15H,1-2,5-6,11-14,16H2,(H,22,26)/p+1. The van der Waals surface area contributed by atoms with E-state index in [0.29, 0.717) is 17.3 Å². The first-order valence-electron chi connectivity index (χ1n) is 9.39. The molecule has 0 spiro atoms. The number of para-hydroxylation sites is 1. The Morgan fingerprint density at radius 1 is 1.12 bits per heavy atom. The lowest BCUT2D eigenvalue weighted by atomic mass is 10.2. The summed E-state index contributed by atoms with van der Waals surface area (Å²) < 4.78 is 19.4. The molecule has 0 unspecified atom stereocenters. The number of anilines is 1. The first-order chi connectivity index (χ1) is 12.7. The minimum Gasteiger partial charge on any atom is -0.467 e. The Morgan fingerprint density at radius 2 is 1.88 bits per heavy atom. The van der Waals surface area contributed by atoms with Gasteiger partial charge in [-0.1, -0.05) is 12.1 Å². The second-order valence-corrected chi connectivity index (χ2v) is 7.21. The Kier molecular flexibility index (Phi) is 7.03. The van der Waals surface area contributed by atoms with E-state index < -0.39 is 0 Å². The van der Waals surface area contributed by atoms with Crippen LogP contribution in [0.1, 0.15) is 31.4 Å². The second-order valence-electron chi connectivity index (χ2n) is 6.83. The number of likely N-dealkylation sites (tertiary alicyclic amines) is 1. The number of nitrogens with one attached hydrogen (secondary N) is 2. The molecule has 4 nitrogen and oxygen atoms in total. The summed E-state index contributed by atoms with van der Waals surface area (Å²) in [7, 11) is 0. The minimum atomic E-state index is -0.300. The lowest BCUT2D eigenvalue weighted by molar-refractivity contribution is -0.898. The molecular formula is C20H27FN3OS+. The Labute approximate surface area is 160 Å². The highest BCUT2D eigenvalue weighted by Crippen LogP contribution is 2.14. The fraction of sp³-hybridized carbons (Fsp3) is 0.450. The van der Waals surface area contributed by atoms with Gasteiger partial charge in [0, 0.05) is 0 Å². The van der Waals surface area contributed by atoms with E-state index >= 15 is 0 Å². The molecular weight excluding hydrogens is 349 g/mol. The van der Waals surface area contributed by atoms with E-state index in [9.17, 15) is 4.39 Å². The zero-order valence-corrected chi connectivity index (χ0v) is 15.9. The first kappa shape index (κ1) is 18.9. The van der Waals surface area contributed by atoms with Crippen molar-refractivity contribution in [3.8, 4) is 0 Å². The second kappa shape index (κ2) is 9.69. The van der Waals surface area contributed by atoms with Crippen molar-refractivity contribution in [1.82, 2.24) is 4.90 Å². The van der Waals surface area contributed by atoms with E-state index in [1.807, 2.05) is 12.1 Å². The molecule has 1 aliphatic heterocycles. The van der Waals surface area contributed by atoms with E-state index in [4.69, 9.17) is 16.6 Å². The highest BCUT2D eigenvalue weighted by Gasteiger charge is 2.18. The fourth-order valence-electron chi connectivity index (χ4n) is 3.37. The molecule has 0 aliphatic carbocycles. The first-order valence-corrected chi connectivity index (χ1v) is 9.79. The summed E-state index contributed by atoms with van der Waals surface area (Å²) in [6.45, 7) is 4.88. The topological polar surface area (TPSA) is 32.9 Å². The van der Waals surface area contributed by atoms with Gasteiger partial charge in [-0.25, -0.2) is 4.39 Å². The van der Waals surface area contributed by atoms with Gasteiger partial charge in [0.05, 0.1) is 44.7 Å². The van der Waals surface area contributed by atoms with Gasteiger partial charge in [0.2, 0.25) is 0 Å². The van der Waals surface area contributed by atoms with Crippen molar-refractivity contribution in [2.45, 2.75) is 32.2 Å². The Hall–Kier alpha value is -1.92. The molecule has 140 valence electrons. The maximum Gasteiger partial charge on any atom is 0.174 e. The molecule has 1 aromatic heterocycles. The number of furan rings is 1. The number of halogens is 1. The third-order valence-electron chi connectivity index (χ3n) is 4.88. The Bertz CT molecular complexity index is 684. The molecule has 0 saturated carbocycles. The molecule has 3 rings (SSSR count). The average Bonchev–Trinajstić information content (AvgIpc) is 3.02. The molecule has 0 radical (unpaired) electrons. The predicted octanol–water partition coefficient (Wildman–Crippen LogP) is 3.08. The van der Waals surface area contributed by atoms with Crippen LogP contribution in [-0.2, 0) is 6.54 Å². The summed E-state index contributed by atoms with van der Waals surface area (Å²) in [5.74, 6) is 0.555. The quantitative estimate of drug-likeness (QED) is 0.759. The van der Waals surface area contributed by atoms with Gasteiger partial charge in [-0.3, -0.25) is 0 Å². The monoisotopic (exact) mass is 376 g/mol. The predicted molar refractivity (Wildman–Crippen MR) is 106 cm³/mol. The zero-order chi connectivity index (χ0) is 18.2. The summed E-state index contributed by atoms with van der Waals surface area (Å²) in [6.07, 6.45) is 6.94. The van der Waals surface area contributed by atoms with Gasteiger partial charge in [-0.15, -0.1) is 0 Å². The average molecular weight is 377 g/mol. The van der Waals surface area contributed by atoms with Crippen molar-refractivity contribution in [2.75, 3.05) is 31.5 Å². The Balaban J connectivity index is 1.63. The van der Waals surface area contributed by atoms with Crippen LogP contribution in [0.5, 0.6) is 0 Å². The van der Waals surface area contributed by atoms with Gasteiger partial charge in [0.1, 0.15) is 11.6 Å². The molecule has 0 amide bonds. The summed E-state index contributed by atoms with van der Waals surface area (Å²) in [6, 6.07) is 10.4. The zero-order valence-electron chi connectivity index (χ0n) is 15.0. The lowest BCUT2D eigenvalue weighted by Gasteiger charge is -2.27. The number of quaternary nitrogens is 1. The van der Waals surface area contributed by atoms with Crippen molar-refractivity contribution in [3.63, 3.8) is 0 Å². The van der Waals surface area contributed by atoms with Crippen LogP contribution in [0.2, 0.25) is 0 Å². The van der Waals surface area contributed by atoms with Crippen LogP contribution in [-0.4, -0.2) is 36.2 Å². The number of hydrogen-bond acceptors (Lipinski definition) is 2. The van der Waals surface area contributed by atoms with E-state index in [1.165, 1.54) is 44.8 Å². The normalized spacial score (nSPS) is 15.4. The minimum absolute atomic E-state index is 0.300. The van der Waals surface area contributed by atoms with Crippen LogP contribution < -0.4 is 10.2 Å². The molecule has 1 fully saturated rings. The van der Waals surface area contributed by atoms with Crippen molar-refractivity contribution in [2.24, 2.45) is 0 Å². The van der Waals surface area contributed by atoms with Crippen LogP contribution in [0.15, 0.2) is 47.1 Å². The molecule has 1 aromatic carbocycles. The number of rotatable bonds is 6. The lowest BCUT2D eigenvalue weighted by Crippen LogP contribution is -3.12. The fourth-order valence-corrected chi connectivity index (χ4v) is 3.64. The van der Waals surface area contributed by atoms with Gasteiger partial charge < -0.3 is 19.5 Å². The van der Waals surface area contributed by atoms with Gasteiger partial charge >= 0.3 is 0 Å². The number of nitrogens with zero attached hydrogens (tertiary/aromatic N) is 1. The number of hydrogen-bond donors (Lipinski definition) is 2.